The molecule has 1 unspecified atom stereocenters. The second-order valence-electron chi connectivity index (χ2n) is 4.55. The van der Waals surface area contributed by atoms with Crippen LogP contribution in [0.5, 0.6) is 0 Å². The Morgan fingerprint density at radius 3 is 2.58 bits per heavy atom. The minimum absolute atomic E-state index is 0.319. The highest BCUT2D eigenvalue weighted by Crippen LogP contribution is 2.26. The van der Waals surface area contributed by atoms with Gasteiger partial charge in [-0.1, -0.05) is 24.3 Å². The first-order valence-corrected chi connectivity index (χ1v) is 6.73. The maximum Gasteiger partial charge on any atom is 0.137 e. The van der Waals surface area contributed by atoms with Crippen LogP contribution in [0.3, 0.4) is 0 Å². The maximum absolute atomic E-state index is 13.8. The van der Waals surface area contributed by atoms with Crippen LogP contribution in [0.4, 0.5) is 8.78 Å². The average molecular weight is 326 g/mol. The second-order valence-corrected chi connectivity index (χ2v) is 5.34. The summed E-state index contributed by atoms with van der Waals surface area (Å²) in [4.78, 5) is 0. The number of benzene rings is 2. The van der Waals surface area contributed by atoms with Gasteiger partial charge in [-0.05, 0) is 52.5 Å². The van der Waals surface area contributed by atoms with E-state index in [0.717, 1.165) is 11.1 Å². The van der Waals surface area contributed by atoms with Crippen LogP contribution in [-0.4, -0.2) is 0 Å². The van der Waals surface area contributed by atoms with Gasteiger partial charge in [0.25, 0.3) is 0 Å². The molecule has 2 rings (SSSR count). The number of hydrogen-bond acceptors (Lipinski definition) is 1. The third kappa shape index (κ3) is 3.19. The molecule has 2 N–H and O–H groups in total. The summed E-state index contributed by atoms with van der Waals surface area (Å²) in [6.07, 6.45) is 0.373. The highest BCUT2D eigenvalue weighted by Gasteiger charge is 2.14. The lowest BCUT2D eigenvalue weighted by Crippen LogP contribution is -2.15. The van der Waals surface area contributed by atoms with E-state index in [9.17, 15) is 8.78 Å². The van der Waals surface area contributed by atoms with Gasteiger partial charge < -0.3 is 5.73 Å². The molecule has 0 aliphatic carbocycles. The second kappa shape index (κ2) is 5.80. The monoisotopic (exact) mass is 325 g/mol. The third-order valence-electron chi connectivity index (χ3n) is 3.03. The first-order chi connectivity index (χ1) is 8.99. The Morgan fingerprint density at radius 1 is 1.16 bits per heavy atom. The molecule has 0 aliphatic rings. The molecule has 2 aromatic rings. The Balaban J connectivity index is 2.25. The molecule has 4 heteroatoms. The van der Waals surface area contributed by atoms with E-state index in [4.69, 9.17) is 5.73 Å². The van der Waals surface area contributed by atoms with Crippen LogP contribution in [0.15, 0.2) is 40.9 Å². The van der Waals surface area contributed by atoms with Crippen molar-refractivity contribution in [2.45, 2.75) is 19.4 Å². The zero-order chi connectivity index (χ0) is 14.0. The Kier molecular flexibility index (Phi) is 4.32. The van der Waals surface area contributed by atoms with Crippen molar-refractivity contribution in [3.8, 4) is 0 Å². The predicted octanol–water partition coefficient (Wildman–Crippen LogP) is 4.28. The van der Waals surface area contributed by atoms with Gasteiger partial charge in [0.15, 0.2) is 0 Å². The number of aryl methyl sites for hydroxylation is 1. The average Bonchev–Trinajstić information content (AvgIpc) is 2.34. The summed E-state index contributed by atoms with van der Waals surface area (Å²) in [6.45, 7) is 1.82. The molecule has 1 atom stereocenters. The summed E-state index contributed by atoms with van der Waals surface area (Å²) in [5.74, 6) is -0.658. The molecule has 1 nitrogen and oxygen atoms in total. The van der Waals surface area contributed by atoms with Crippen LogP contribution in [0.2, 0.25) is 0 Å². The highest BCUT2D eigenvalue weighted by molar-refractivity contribution is 9.10. The van der Waals surface area contributed by atoms with Crippen molar-refractivity contribution in [3.63, 3.8) is 0 Å². The highest BCUT2D eigenvalue weighted by atomic mass is 79.9. The zero-order valence-electron chi connectivity index (χ0n) is 10.5. The Labute approximate surface area is 119 Å². The van der Waals surface area contributed by atoms with Crippen molar-refractivity contribution < 1.29 is 8.78 Å². The summed E-state index contributed by atoms with van der Waals surface area (Å²) in [5.41, 5.74) is 8.04. The Morgan fingerprint density at radius 2 is 1.89 bits per heavy atom. The Bertz CT molecular complexity index is 599. The molecular weight excluding hydrogens is 312 g/mol. The molecule has 0 fully saturated rings. The van der Waals surface area contributed by atoms with E-state index in [2.05, 4.69) is 15.9 Å². The topological polar surface area (TPSA) is 26.0 Å². The molecule has 0 saturated heterocycles. The molecule has 0 spiro atoms. The van der Waals surface area contributed by atoms with Crippen LogP contribution in [0.1, 0.15) is 22.7 Å². The standard InChI is InChI=1S/C15H14BrF2N/c1-9-5-6-11(13(18)7-9)14(19)8-10-3-2-4-12(17)15(10)16/h2-7,14H,8,19H2,1H3. The van der Waals surface area contributed by atoms with Gasteiger partial charge in [-0.2, -0.15) is 0 Å². The van der Waals surface area contributed by atoms with Gasteiger partial charge >= 0.3 is 0 Å². The molecular formula is C15H14BrF2N. The maximum atomic E-state index is 13.8. The molecule has 0 aliphatic heterocycles. The number of halogens is 3. The minimum atomic E-state index is -0.501. The zero-order valence-corrected chi connectivity index (χ0v) is 12.0. The summed E-state index contributed by atoms with van der Waals surface area (Å²) in [6, 6.07) is 9.22. The lowest BCUT2D eigenvalue weighted by Gasteiger charge is -2.14. The van der Waals surface area contributed by atoms with Gasteiger partial charge in [0.2, 0.25) is 0 Å². The van der Waals surface area contributed by atoms with Crippen molar-refractivity contribution in [1.82, 2.24) is 0 Å². The molecule has 2 aromatic carbocycles. The van der Waals surface area contributed by atoms with E-state index in [0.29, 0.717) is 16.5 Å². The van der Waals surface area contributed by atoms with Gasteiger partial charge in [-0.25, -0.2) is 8.78 Å². The van der Waals surface area contributed by atoms with Crippen molar-refractivity contribution in [2.75, 3.05) is 0 Å². The van der Waals surface area contributed by atoms with Crippen molar-refractivity contribution in [2.24, 2.45) is 5.73 Å². The fourth-order valence-electron chi connectivity index (χ4n) is 1.99. The van der Waals surface area contributed by atoms with Gasteiger partial charge in [0.1, 0.15) is 11.6 Å². The first-order valence-electron chi connectivity index (χ1n) is 5.93. The van der Waals surface area contributed by atoms with E-state index < -0.39 is 6.04 Å². The number of hydrogen-bond donors (Lipinski definition) is 1. The largest absolute Gasteiger partial charge is 0.324 e. The smallest absolute Gasteiger partial charge is 0.137 e. The number of nitrogens with two attached hydrogens (primary N) is 1. The van der Waals surface area contributed by atoms with Crippen LogP contribution < -0.4 is 5.73 Å². The molecule has 19 heavy (non-hydrogen) atoms. The van der Waals surface area contributed by atoms with E-state index >= 15 is 0 Å². The molecule has 0 bridgehead atoms. The van der Waals surface area contributed by atoms with Crippen molar-refractivity contribution in [3.05, 3.63) is 69.2 Å². The fourth-order valence-corrected chi connectivity index (χ4v) is 2.41. The lowest BCUT2D eigenvalue weighted by atomic mass is 9.98. The normalized spacial score (nSPS) is 12.5. The molecule has 0 heterocycles. The van der Waals surface area contributed by atoms with Crippen LogP contribution >= 0.6 is 15.9 Å². The van der Waals surface area contributed by atoms with E-state index in [1.165, 1.54) is 12.1 Å². The molecule has 0 amide bonds. The van der Waals surface area contributed by atoms with Gasteiger partial charge in [-0.15, -0.1) is 0 Å². The van der Waals surface area contributed by atoms with Crippen LogP contribution in [0.25, 0.3) is 0 Å². The summed E-state index contributed by atoms with van der Waals surface area (Å²) < 4.78 is 27.6. The molecule has 0 radical (unpaired) electrons. The lowest BCUT2D eigenvalue weighted by molar-refractivity contribution is 0.576. The summed E-state index contributed by atoms with van der Waals surface area (Å²) in [7, 11) is 0. The van der Waals surface area contributed by atoms with E-state index in [1.54, 1.807) is 18.2 Å². The quantitative estimate of drug-likeness (QED) is 0.895. The van der Waals surface area contributed by atoms with Crippen LogP contribution in [0, 0.1) is 18.6 Å². The molecule has 0 saturated carbocycles. The third-order valence-corrected chi connectivity index (χ3v) is 3.91. The summed E-state index contributed by atoms with van der Waals surface area (Å²) >= 11 is 3.19. The molecule has 0 aromatic heterocycles. The van der Waals surface area contributed by atoms with Gasteiger partial charge in [0.05, 0.1) is 4.47 Å². The fraction of sp³-hybridized carbons (Fsp3) is 0.200. The van der Waals surface area contributed by atoms with Crippen LogP contribution in [-0.2, 0) is 6.42 Å². The van der Waals surface area contributed by atoms with E-state index in [1.807, 2.05) is 13.0 Å². The van der Waals surface area contributed by atoms with Gasteiger partial charge in [0, 0.05) is 11.6 Å². The minimum Gasteiger partial charge on any atom is -0.324 e. The van der Waals surface area contributed by atoms with Gasteiger partial charge in [-0.3, -0.25) is 0 Å². The number of rotatable bonds is 3. The van der Waals surface area contributed by atoms with E-state index in [-0.39, 0.29) is 11.6 Å². The molecule has 100 valence electrons. The first kappa shape index (κ1) is 14.2. The predicted molar refractivity (Wildman–Crippen MR) is 75.9 cm³/mol. The van der Waals surface area contributed by atoms with Crippen molar-refractivity contribution >= 4 is 15.9 Å². The van der Waals surface area contributed by atoms with Crippen molar-refractivity contribution in [1.29, 1.82) is 0 Å². The SMILES string of the molecule is Cc1ccc(C(N)Cc2cccc(F)c2Br)c(F)c1. The Hall–Kier alpha value is -1.26. The summed E-state index contributed by atoms with van der Waals surface area (Å²) in [5, 5.41) is 0.